The van der Waals surface area contributed by atoms with Crippen LogP contribution >= 0.6 is 0 Å². The fraction of sp³-hybridized carbons (Fsp3) is 1.00. The summed E-state index contributed by atoms with van der Waals surface area (Å²) in [6.07, 6.45) is 9.89. The summed E-state index contributed by atoms with van der Waals surface area (Å²) in [6, 6.07) is 0. The first-order valence-electron chi connectivity index (χ1n) is 8.06. The molecular weight excluding hydrogens is 204 g/mol. The van der Waals surface area contributed by atoms with Crippen molar-refractivity contribution in [3.05, 3.63) is 0 Å². The van der Waals surface area contributed by atoms with Crippen LogP contribution < -0.4 is 0 Å². The van der Waals surface area contributed by atoms with E-state index in [9.17, 15) is 0 Å². The van der Waals surface area contributed by atoms with Crippen molar-refractivity contribution in [1.29, 1.82) is 0 Å². The minimum Gasteiger partial charge on any atom is -0.0654 e. The summed E-state index contributed by atoms with van der Waals surface area (Å²) in [7, 11) is 0. The molecule has 0 aromatic rings. The Balaban J connectivity index is 4.17. The molecule has 0 bridgehead atoms. The van der Waals surface area contributed by atoms with E-state index in [1.165, 1.54) is 44.9 Å². The molecule has 104 valence electrons. The van der Waals surface area contributed by atoms with E-state index in [0.29, 0.717) is 0 Å². The van der Waals surface area contributed by atoms with Crippen LogP contribution in [0.15, 0.2) is 0 Å². The van der Waals surface area contributed by atoms with Gasteiger partial charge >= 0.3 is 0 Å². The van der Waals surface area contributed by atoms with E-state index in [4.69, 9.17) is 0 Å². The first-order chi connectivity index (χ1) is 8.06. The lowest BCUT2D eigenvalue weighted by molar-refractivity contribution is 0.218. The van der Waals surface area contributed by atoms with E-state index in [-0.39, 0.29) is 0 Å². The van der Waals surface area contributed by atoms with Crippen molar-refractivity contribution in [3.63, 3.8) is 0 Å². The van der Waals surface area contributed by atoms with Crippen molar-refractivity contribution in [1.82, 2.24) is 0 Å². The molecule has 0 heterocycles. The van der Waals surface area contributed by atoms with Crippen LogP contribution in [0.3, 0.4) is 0 Å². The maximum absolute atomic E-state index is 2.44. The molecule has 0 N–H and O–H groups in total. The molecule has 0 rings (SSSR count). The van der Waals surface area contributed by atoms with Gasteiger partial charge in [-0.15, -0.1) is 0 Å². The number of unbranched alkanes of at least 4 members (excludes halogenated alkanes) is 2. The number of hydrogen-bond donors (Lipinski definition) is 0. The second-order valence-corrected chi connectivity index (χ2v) is 6.29. The molecule has 0 radical (unpaired) electrons. The molecule has 0 aromatic carbocycles. The molecule has 0 nitrogen and oxygen atoms in total. The average Bonchev–Trinajstić information content (AvgIpc) is 2.32. The van der Waals surface area contributed by atoms with Crippen LogP contribution in [0, 0.1) is 23.7 Å². The van der Waals surface area contributed by atoms with Gasteiger partial charge in [0.15, 0.2) is 0 Å². The van der Waals surface area contributed by atoms with Crippen molar-refractivity contribution < 1.29 is 0 Å². The minimum absolute atomic E-state index is 0.845. The minimum atomic E-state index is 0.845. The van der Waals surface area contributed by atoms with Crippen LogP contribution in [0.5, 0.6) is 0 Å². The molecule has 0 aromatic heterocycles. The van der Waals surface area contributed by atoms with Crippen molar-refractivity contribution in [2.24, 2.45) is 23.7 Å². The second kappa shape index (κ2) is 9.97. The monoisotopic (exact) mass is 240 g/mol. The fourth-order valence-corrected chi connectivity index (χ4v) is 2.87. The van der Waals surface area contributed by atoms with Crippen LogP contribution in [0.4, 0.5) is 0 Å². The van der Waals surface area contributed by atoms with Gasteiger partial charge in [-0.05, 0) is 30.1 Å². The zero-order chi connectivity index (χ0) is 13.3. The molecule has 0 fully saturated rings. The Morgan fingerprint density at radius 2 is 1.35 bits per heavy atom. The van der Waals surface area contributed by atoms with Crippen molar-refractivity contribution >= 4 is 0 Å². The Kier molecular flexibility index (Phi) is 9.97. The van der Waals surface area contributed by atoms with E-state index >= 15 is 0 Å². The van der Waals surface area contributed by atoms with E-state index in [1.54, 1.807) is 0 Å². The maximum Gasteiger partial charge on any atom is -0.0386 e. The normalized spacial score (nSPS) is 17.1. The maximum atomic E-state index is 2.44. The van der Waals surface area contributed by atoms with E-state index in [2.05, 4.69) is 41.5 Å². The van der Waals surface area contributed by atoms with Gasteiger partial charge in [0.05, 0.1) is 0 Å². The third kappa shape index (κ3) is 7.11. The summed E-state index contributed by atoms with van der Waals surface area (Å²) in [5, 5.41) is 0. The quantitative estimate of drug-likeness (QED) is 0.393. The van der Waals surface area contributed by atoms with Gasteiger partial charge in [0.1, 0.15) is 0 Å². The van der Waals surface area contributed by atoms with Crippen LogP contribution in [0.25, 0.3) is 0 Å². The summed E-state index contributed by atoms with van der Waals surface area (Å²) in [6.45, 7) is 14.3. The molecule has 0 spiro atoms. The first-order valence-corrected chi connectivity index (χ1v) is 8.06. The molecule has 3 atom stereocenters. The standard InChI is InChI=1S/C17H36/c1-7-10-11-12-16(8-2)17(9-3)13-15(6)14(4)5/h14-17H,7-13H2,1-6H3. The van der Waals surface area contributed by atoms with Gasteiger partial charge in [-0.1, -0.05) is 80.1 Å². The van der Waals surface area contributed by atoms with Crippen molar-refractivity contribution in [2.45, 2.75) is 86.5 Å². The van der Waals surface area contributed by atoms with E-state index in [0.717, 1.165) is 23.7 Å². The van der Waals surface area contributed by atoms with E-state index < -0.39 is 0 Å². The Hall–Kier alpha value is 0. The highest BCUT2D eigenvalue weighted by Gasteiger charge is 2.21. The molecule has 0 saturated heterocycles. The van der Waals surface area contributed by atoms with Crippen LogP contribution in [0.2, 0.25) is 0 Å². The van der Waals surface area contributed by atoms with Gasteiger partial charge in [0.25, 0.3) is 0 Å². The smallest absolute Gasteiger partial charge is 0.0386 e. The van der Waals surface area contributed by atoms with Crippen molar-refractivity contribution in [3.8, 4) is 0 Å². The zero-order valence-electron chi connectivity index (χ0n) is 13.3. The Morgan fingerprint density at radius 3 is 1.76 bits per heavy atom. The lowest BCUT2D eigenvalue weighted by atomic mass is 9.77. The van der Waals surface area contributed by atoms with Gasteiger partial charge in [-0.25, -0.2) is 0 Å². The summed E-state index contributed by atoms with van der Waals surface area (Å²) in [5.41, 5.74) is 0. The summed E-state index contributed by atoms with van der Waals surface area (Å²) in [5.74, 6) is 3.68. The first kappa shape index (κ1) is 17.0. The molecule has 0 amide bonds. The molecule has 3 unspecified atom stereocenters. The average molecular weight is 240 g/mol. The summed E-state index contributed by atoms with van der Waals surface area (Å²) < 4.78 is 0. The highest BCUT2D eigenvalue weighted by atomic mass is 14.3. The van der Waals surface area contributed by atoms with Crippen LogP contribution in [-0.4, -0.2) is 0 Å². The van der Waals surface area contributed by atoms with Crippen molar-refractivity contribution in [2.75, 3.05) is 0 Å². The Labute approximate surface area is 111 Å². The topological polar surface area (TPSA) is 0 Å². The second-order valence-electron chi connectivity index (χ2n) is 6.29. The lowest BCUT2D eigenvalue weighted by Crippen LogP contribution is -2.19. The van der Waals surface area contributed by atoms with E-state index in [1.807, 2.05) is 0 Å². The van der Waals surface area contributed by atoms with Crippen LogP contribution in [-0.2, 0) is 0 Å². The molecule has 0 saturated carbocycles. The van der Waals surface area contributed by atoms with Crippen LogP contribution in [0.1, 0.15) is 86.5 Å². The predicted octanol–water partition coefficient (Wildman–Crippen LogP) is 6.30. The zero-order valence-corrected chi connectivity index (χ0v) is 13.3. The number of hydrogen-bond acceptors (Lipinski definition) is 0. The number of rotatable bonds is 10. The molecule has 0 aliphatic carbocycles. The molecule has 0 aliphatic heterocycles. The molecule has 0 aliphatic rings. The Bertz CT molecular complexity index is 159. The van der Waals surface area contributed by atoms with Gasteiger partial charge in [0, 0.05) is 0 Å². The fourth-order valence-electron chi connectivity index (χ4n) is 2.87. The van der Waals surface area contributed by atoms with Gasteiger partial charge in [-0.2, -0.15) is 0 Å². The third-order valence-corrected chi connectivity index (χ3v) is 4.71. The highest BCUT2D eigenvalue weighted by Crippen LogP contribution is 2.32. The van der Waals surface area contributed by atoms with Gasteiger partial charge in [-0.3, -0.25) is 0 Å². The SMILES string of the molecule is CCCCCC(CC)C(CC)CC(C)C(C)C. The molecular formula is C17H36. The lowest BCUT2D eigenvalue weighted by Gasteiger charge is -2.29. The van der Waals surface area contributed by atoms with Gasteiger partial charge in [0.2, 0.25) is 0 Å². The predicted molar refractivity (Wildman–Crippen MR) is 80.3 cm³/mol. The highest BCUT2D eigenvalue weighted by molar-refractivity contribution is 4.72. The third-order valence-electron chi connectivity index (χ3n) is 4.71. The Morgan fingerprint density at radius 1 is 0.765 bits per heavy atom. The summed E-state index contributed by atoms with van der Waals surface area (Å²) >= 11 is 0. The van der Waals surface area contributed by atoms with Gasteiger partial charge < -0.3 is 0 Å². The summed E-state index contributed by atoms with van der Waals surface area (Å²) in [4.78, 5) is 0. The largest absolute Gasteiger partial charge is 0.0654 e. The molecule has 17 heavy (non-hydrogen) atoms. The molecule has 0 heteroatoms.